The standard InChI is InChI=1S/C26H27FN2O3/c1-28-26(31)24(16-19-7-4-3-5-8-19)29(18-21-9-6-10-23(15-21)32-2)25(30)17-20-11-13-22(27)14-12-20/h3-15,24H,16-18H2,1-2H3,(H,28,31)/t24-/m1/s1. The van der Waals surface area contributed by atoms with Crippen molar-refractivity contribution in [3.63, 3.8) is 0 Å². The zero-order valence-electron chi connectivity index (χ0n) is 18.3. The summed E-state index contributed by atoms with van der Waals surface area (Å²) in [6.07, 6.45) is 0.437. The number of halogens is 1. The number of methoxy groups -OCH3 is 1. The predicted molar refractivity (Wildman–Crippen MR) is 122 cm³/mol. The molecule has 0 unspecified atom stereocenters. The summed E-state index contributed by atoms with van der Waals surface area (Å²) < 4.78 is 18.6. The van der Waals surface area contributed by atoms with Gasteiger partial charge in [0.2, 0.25) is 11.8 Å². The van der Waals surface area contributed by atoms with Crippen molar-refractivity contribution in [1.29, 1.82) is 0 Å². The number of rotatable bonds is 9. The quantitative estimate of drug-likeness (QED) is 0.558. The van der Waals surface area contributed by atoms with Crippen LogP contribution in [0, 0.1) is 5.82 Å². The Bertz CT molecular complexity index is 1040. The Labute approximate surface area is 187 Å². The summed E-state index contributed by atoms with van der Waals surface area (Å²) in [5, 5.41) is 2.69. The van der Waals surface area contributed by atoms with Crippen LogP contribution in [0.1, 0.15) is 16.7 Å². The fraction of sp³-hybridized carbons (Fsp3) is 0.231. The second-order valence-electron chi connectivity index (χ2n) is 7.50. The predicted octanol–water partition coefficient (Wildman–Crippen LogP) is 3.76. The summed E-state index contributed by atoms with van der Waals surface area (Å²) >= 11 is 0. The maximum atomic E-state index is 13.4. The Morgan fingerprint density at radius 3 is 2.28 bits per heavy atom. The first-order valence-electron chi connectivity index (χ1n) is 10.4. The molecule has 32 heavy (non-hydrogen) atoms. The molecule has 0 aromatic heterocycles. The topological polar surface area (TPSA) is 58.6 Å². The van der Waals surface area contributed by atoms with Crippen LogP contribution in [0.3, 0.4) is 0 Å². The average Bonchev–Trinajstić information content (AvgIpc) is 2.83. The zero-order chi connectivity index (χ0) is 22.9. The van der Waals surface area contributed by atoms with Crippen LogP contribution in [0.2, 0.25) is 0 Å². The van der Waals surface area contributed by atoms with E-state index in [1.807, 2.05) is 54.6 Å². The van der Waals surface area contributed by atoms with Gasteiger partial charge in [0.1, 0.15) is 17.6 Å². The van der Waals surface area contributed by atoms with Crippen LogP contribution in [0.25, 0.3) is 0 Å². The van der Waals surface area contributed by atoms with Crippen LogP contribution >= 0.6 is 0 Å². The highest BCUT2D eigenvalue weighted by molar-refractivity contribution is 5.88. The zero-order valence-corrected chi connectivity index (χ0v) is 18.3. The average molecular weight is 435 g/mol. The van der Waals surface area contributed by atoms with Gasteiger partial charge in [0, 0.05) is 20.0 Å². The molecule has 0 saturated heterocycles. The first-order valence-corrected chi connectivity index (χ1v) is 10.4. The molecule has 166 valence electrons. The third-order valence-corrected chi connectivity index (χ3v) is 5.27. The minimum Gasteiger partial charge on any atom is -0.497 e. The second kappa shape index (κ2) is 11.1. The van der Waals surface area contributed by atoms with Gasteiger partial charge in [-0.25, -0.2) is 4.39 Å². The van der Waals surface area contributed by atoms with E-state index in [1.54, 1.807) is 31.2 Å². The molecule has 0 heterocycles. The van der Waals surface area contributed by atoms with E-state index in [9.17, 15) is 14.0 Å². The van der Waals surface area contributed by atoms with Crippen molar-refractivity contribution >= 4 is 11.8 Å². The summed E-state index contributed by atoms with van der Waals surface area (Å²) in [5.41, 5.74) is 2.48. The van der Waals surface area contributed by atoms with Crippen LogP contribution < -0.4 is 10.1 Å². The van der Waals surface area contributed by atoms with E-state index in [-0.39, 0.29) is 30.6 Å². The first kappa shape index (κ1) is 23.0. The summed E-state index contributed by atoms with van der Waals surface area (Å²) in [5.74, 6) is -0.150. The molecule has 0 spiro atoms. The van der Waals surface area contributed by atoms with Crippen molar-refractivity contribution in [3.05, 3.63) is 101 Å². The highest BCUT2D eigenvalue weighted by Crippen LogP contribution is 2.19. The molecule has 6 heteroatoms. The number of nitrogens with one attached hydrogen (secondary N) is 1. The van der Waals surface area contributed by atoms with Crippen molar-refractivity contribution in [2.45, 2.75) is 25.4 Å². The van der Waals surface area contributed by atoms with Crippen LogP contribution in [0.15, 0.2) is 78.9 Å². The molecule has 3 aromatic carbocycles. The molecule has 0 bridgehead atoms. The SMILES string of the molecule is CNC(=O)[C@@H](Cc1ccccc1)N(Cc1cccc(OC)c1)C(=O)Cc1ccc(F)cc1. The highest BCUT2D eigenvalue weighted by atomic mass is 19.1. The summed E-state index contributed by atoms with van der Waals surface area (Å²) in [4.78, 5) is 27.9. The van der Waals surface area contributed by atoms with E-state index >= 15 is 0 Å². The number of benzene rings is 3. The molecule has 0 fully saturated rings. The molecule has 2 amide bonds. The number of ether oxygens (including phenoxy) is 1. The van der Waals surface area contributed by atoms with Gasteiger partial charge in [-0.15, -0.1) is 0 Å². The smallest absolute Gasteiger partial charge is 0.242 e. The Balaban J connectivity index is 1.94. The monoisotopic (exact) mass is 434 g/mol. The minimum atomic E-state index is -0.707. The van der Waals surface area contributed by atoms with Gasteiger partial charge in [-0.05, 0) is 41.0 Å². The van der Waals surface area contributed by atoms with E-state index in [0.717, 1.165) is 11.1 Å². The number of hydrogen-bond donors (Lipinski definition) is 1. The molecule has 3 aromatic rings. The van der Waals surface area contributed by atoms with Crippen molar-refractivity contribution in [2.75, 3.05) is 14.2 Å². The van der Waals surface area contributed by atoms with Gasteiger partial charge in [-0.1, -0.05) is 54.6 Å². The van der Waals surface area contributed by atoms with Crippen molar-refractivity contribution in [1.82, 2.24) is 10.2 Å². The number of hydrogen-bond acceptors (Lipinski definition) is 3. The third kappa shape index (κ3) is 6.17. The normalized spacial score (nSPS) is 11.5. The van der Waals surface area contributed by atoms with Gasteiger partial charge < -0.3 is 15.0 Å². The second-order valence-corrected chi connectivity index (χ2v) is 7.50. The van der Waals surface area contributed by atoms with Crippen LogP contribution in [-0.4, -0.2) is 36.9 Å². The number of likely N-dealkylation sites (N-methyl/N-ethyl adjacent to an activating group) is 1. The minimum absolute atomic E-state index is 0.0620. The van der Waals surface area contributed by atoms with Gasteiger partial charge in [0.25, 0.3) is 0 Å². The van der Waals surface area contributed by atoms with E-state index in [1.165, 1.54) is 12.1 Å². The Morgan fingerprint density at radius 2 is 1.62 bits per heavy atom. The summed E-state index contributed by atoms with van der Waals surface area (Å²) in [6.45, 7) is 0.238. The lowest BCUT2D eigenvalue weighted by atomic mass is 10.0. The lowest BCUT2D eigenvalue weighted by molar-refractivity contribution is -0.140. The van der Waals surface area contributed by atoms with E-state index in [0.29, 0.717) is 17.7 Å². The fourth-order valence-corrected chi connectivity index (χ4v) is 3.57. The number of amides is 2. The lowest BCUT2D eigenvalue weighted by Gasteiger charge is -2.31. The number of carbonyl (C=O) groups is 2. The van der Waals surface area contributed by atoms with Crippen molar-refractivity contribution in [2.24, 2.45) is 0 Å². The van der Waals surface area contributed by atoms with Gasteiger partial charge in [0.05, 0.1) is 13.5 Å². The molecule has 1 N–H and O–H groups in total. The highest BCUT2D eigenvalue weighted by Gasteiger charge is 2.29. The van der Waals surface area contributed by atoms with Crippen LogP contribution in [0.4, 0.5) is 4.39 Å². The molecule has 5 nitrogen and oxygen atoms in total. The van der Waals surface area contributed by atoms with E-state index in [2.05, 4.69) is 5.32 Å². The van der Waals surface area contributed by atoms with E-state index < -0.39 is 6.04 Å². The molecule has 1 atom stereocenters. The third-order valence-electron chi connectivity index (χ3n) is 5.27. The van der Waals surface area contributed by atoms with Crippen LogP contribution in [-0.2, 0) is 29.0 Å². The maximum absolute atomic E-state index is 13.4. The Kier molecular flexibility index (Phi) is 7.97. The number of nitrogens with zero attached hydrogens (tertiary/aromatic N) is 1. The first-order chi connectivity index (χ1) is 15.5. The molecular weight excluding hydrogens is 407 g/mol. The fourth-order valence-electron chi connectivity index (χ4n) is 3.57. The Hall–Kier alpha value is -3.67. The molecule has 0 radical (unpaired) electrons. The van der Waals surface area contributed by atoms with Gasteiger partial charge in [0.15, 0.2) is 0 Å². The molecule has 0 saturated carbocycles. The molecular formula is C26H27FN2O3. The van der Waals surface area contributed by atoms with Gasteiger partial charge in [-0.3, -0.25) is 9.59 Å². The molecule has 0 aliphatic carbocycles. The van der Waals surface area contributed by atoms with Gasteiger partial charge >= 0.3 is 0 Å². The molecule has 0 aliphatic heterocycles. The summed E-state index contributed by atoms with van der Waals surface area (Å²) in [6, 6.07) is 22.1. The largest absolute Gasteiger partial charge is 0.497 e. The van der Waals surface area contributed by atoms with Gasteiger partial charge in [-0.2, -0.15) is 0 Å². The van der Waals surface area contributed by atoms with E-state index in [4.69, 9.17) is 4.74 Å². The molecule has 3 rings (SSSR count). The molecule has 0 aliphatic rings. The van der Waals surface area contributed by atoms with Crippen molar-refractivity contribution < 1.29 is 18.7 Å². The number of carbonyl (C=O) groups excluding carboxylic acids is 2. The van der Waals surface area contributed by atoms with Crippen LogP contribution in [0.5, 0.6) is 5.75 Å². The lowest BCUT2D eigenvalue weighted by Crippen LogP contribution is -2.50. The van der Waals surface area contributed by atoms with Crippen molar-refractivity contribution in [3.8, 4) is 5.75 Å². The Morgan fingerprint density at radius 1 is 0.938 bits per heavy atom. The summed E-state index contributed by atoms with van der Waals surface area (Å²) in [7, 11) is 3.15. The maximum Gasteiger partial charge on any atom is 0.242 e.